The van der Waals surface area contributed by atoms with Crippen LogP contribution in [0.15, 0.2) is 42.5 Å². The topological polar surface area (TPSA) is 64.7 Å². The lowest BCUT2D eigenvalue weighted by Gasteiger charge is -2.33. The number of carbonyl (C=O) groups excluding carboxylic acids is 2. The van der Waals surface area contributed by atoms with Crippen LogP contribution in [0, 0.1) is 5.82 Å². The molecule has 2 aromatic rings. The summed E-state index contributed by atoms with van der Waals surface area (Å²) >= 11 is 5.65. The molecule has 1 fully saturated rings. The first kappa shape index (κ1) is 24.0. The van der Waals surface area contributed by atoms with Gasteiger partial charge in [0, 0.05) is 36.9 Å². The minimum absolute atomic E-state index is 0.0739. The SMILES string of the molecule is O=C(CN1CCN(CC(=O)Nc2ccc(Cl)cc2C(F)(F)F)CC1)Nc1ccc(F)cc1. The van der Waals surface area contributed by atoms with Crippen LogP contribution in [0.25, 0.3) is 0 Å². The highest BCUT2D eigenvalue weighted by atomic mass is 35.5. The zero-order valence-corrected chi connectivity index (χ0v) is 17.6. The Balaban J connectivity index is 1.45. The normalized spacial score (nSPS) is 15.4. The second-order valence-electron chi connectivity index (χ2n) is 7.34. The van der Waals surface area contributed by atoms with Crippen LogP contribution in [0.3, 0.4) is 0 Å². The molecule has 32 heavy (non-hydrogen) atoms. The largest absolute Gasteiger partial charge is 0.418 e. The van der Waals surface area contributed by atoms with Crippen molar-refractivity contribution in [1.29, 1.82) is 0 Å². The second kappa shape index (κ2) is 10.3. The van der Waals surface area contributed by atoms with E-state index in [0.717, 1.165) is 12.1 Å². The molecule has 11 heteroatoms. The monoisotopic (exact) mass is 472 g/mol. The summed E-state index contributed by atoms with van der Waals surface area (Å²) in [6.07, 6.45) is -4.65. The van der Waals surface area contributed by atoms with Crippen molar-refractivity contribution >= 4 is 34.8 Å². The number of piperazine rings is 1. The van der Waals surface area contributed by atoms with E-state index in [1.54, 1.807) is 4.90 Å². The molecule has 6 nitrogen and oxygen atoms in total. The maximum absolute atomic E-state index is 13.2. The summed E-state index contributed by atoms with van der Waals surface area (Å²) in [5, 5.41) is 4.91. The van der Waals surface area contributed by atoms with Crippen molar-refractivity contribution in [3.63, 3.8) is 0 Å². The van der Waals surface area contributed by atoms with Crippen molar-refractivity contribution in [3.05, 3.63) is 58.9 Å². The lowest BCUT2D eigenvalue weighted by molar-refractivity contribution is -0.137. The van der Waals surface area contributed by atoms with E-state index in [9.17, 15) is 27.2 Å². The van der Waals surface area contributed by atoms with Crippen molar-refractivity contribution in [1.82, 2.24) is 9.80 Å². The Labute approximate surface area is 187 Å². The van der Waals surface area contributed by atoms with Gasteiger partial charge in [0.1, 0.15) is 5.82 Å². The van der Waals surface area contributed by atoms with E-state index in [-0.39, 0.29) is 29.7 Å². The highest BCUT2D eigenvalue weighted by Crippen LogP contribution is 2.36. The minimum Gasteiger partial charge on any atom is -0.325 e. The standard InChI is InChI=1S/C21H21ClF4N4O2/c22-14-1-6-18(17(11-14)21(24,25)26)28-20(32)13-30-9-7-29(8-10-30)12-19(31)27-16-4-2-15(23)3-5-16/h1-6,11H,7-10,12-13H2,(H,27,31)(H,28,32). The molecule has 0 spiro atoms. The van der Waals surface area contributed by atoms with E-state index in [1.807, 2.05) is 4.90 Å². The van der Waals surface area contributed by atoms with Gasteiger partial charge in [0.2, 0.25) is 11.8 Å². The number of alkyl halides is 3. The summed E-state index contributed by atoms with van der Waals surface area (Å²) in [7, 11) is 0. The van der Waals surface area contributed by atoms with Crippen LogP contribution < -0.4 is 10.6 Å². The Bertz CT molecular complexity index is 961. The van der Waals surface area contributed by atoms with E-state index >= 15 is 0 Å². The first-order valence-corrected chi connectivity index (χ1v) is 10.1. The molecule has 0 atom stereocenters. The Hall–Kier alpha value is -2.69. The van der Waals surface area contributed by atoms with Gasteiger partial charge in [-0.3, -0.25) is 19.4 Å². The van der Waals surface area contributed by atoms with Gasteiger partial charge in [-0.2, -0.15) is 13.2 Å². The maximum Gasteiger partial charge on any atom is 0.418 e. The first-order valence-electron chi connectivity index (χ1n) is 9.77. The molecule has 172 valence electrons. The van der Waals surface area contributed by atoms with Crippen LogP contribution in [0.4, 0.5) is 28.9 Å². The zero-order chi connectivity index (χ0) is 23.3. The van der Waals surface area contributed by atoms with Crippen LogP contribution in [0.2, 0.25) is 5.02 Å². The van der Waals surface area contributed by atoms with Gasteiger partial charge in [-0.15, -0.1) is 0 Å². The molecule has 1 heterocycles. The number of nitrogens with zero attached hydrogens (tertiary/aromatic N) is 2. The fourth-order valence-electron chi connectivity index (χ4n) is 3.30. The molecule has 3 rings (SSSR count). The number of halogens is 5. The molecule has 2 aromatic carbocycles. The molecule has 0 radical (unpaired) electrons. The number of hydrogen-bond acceptors (Lipinski definition) is 4. The average Bonchev–Trinajstić information content (AvgIpc) is 2.72. The van der Waals surface area contributed by atoms with Crippen molar-refractivity contribution in [2.45, 2.75) is 6.18 Å². The fourth-order valence-corrected chi connectivity index (χ4v) is 3.47. The van der Waals surface area contributed by atoms with Crippen LogP contribution in [0.1, 0.15) is 5.56 Å². The predicted octanol–water partition coefficient (Wildman–Crippen LogP) is 3.69. The number of hydrogen-bond donors (Lipinski definition) is 2. The third kappa shape index (κ3) is 6.91. The molecular weight excluding hydrogens is 452 g/mol. The molecule has 0 bridgehead atoms. The number of rotatable bonds is 6. The van der Waals surface area contributed by atoms with Crippen LogP contribution in [-0.4, -0.2) is 60.9 Å². The van der Waals surface area contributed by atoms with E-state index in [0.29, 0.717) is 31.9 Å². The molecular formula is C21H21ClF4N4O2. The summed E-state index contributed by atoms with van der Waals surface area (Å²) in [5.41, 5.74) is -0.856. The fraction of sp³-hybridized carbons (Fsp3) is 0.333. The van der Waals surface area contributed by atoms with Crippen LogP contribution in [0.5, 0.6) is 0 Å². The Morgan fingerprint density at radius 2 is 1.41 bits per heavy atom. The average molecular weight is 473 g/mol. The van der Waals surface area contributed by atoms with Crippen LogP contribution >= 0.6 is 11.6 Å². The van der Waals surface area contributed by atoms with Gasteiger partial charge in [0.05, 0.1) is 24.3 Å². The Morgan fingerprint density at radius 1 is 0.875 bits per heavy atom. The summed E-state index contributed by atoms with van der Waals surface area (Å²) in [4.78, 5) is 28.1. The molecule has 1 saturated heterocycles. The van der Waals surface area contributed by atoms with Gasteiger partial charge in [-0.25, -0.2) is 4.39 Å². The van der Waals surface area contributed by atoms with Gasteiger partial charge in [-0.05, 0) is 42.5 Å². The van der Waals surface area contributed by atoms with Crippen molar-refractivity contribution in [2.24, 2.45) is 0 Å². The quantitative estimate of drug-likeness (QED) is 0.629. The molecule has 2 amide bonds. The van der Waals surface area contributed by atoms with E-state index in [4.69, 9.17) is 11.6 Å². The number of benzene rings is 2. The van der Waals surface area contributed by atoms with Gasteiger partial charge in [-0.1, -0.05) is 11.6 Å². The van der Waals surface area contributed by atoms with Gasteiger partial charge in [0.25, 0.3) is 0 Å². The first-order chi connectivity index (χ1) is 15.1. The predicted molar refractivity (Wildman–Crippen MR) is 113 cm³/mol. The van der Waals surface area contributed by atoms with Crippen molar-refractivity contribution in [3.8, 4) is 0 Å². The number of amides is 2. The molecule has 0 aromatic heterocycles. The number of nitrogens with one attached hydrogen (secondary N) is 2. The van der Waals surface area contributed by atoms with Gasteiger partial charge < -0.3 is 10.6 Å². The van der Waals surface area contributed by atoms with Crippen molar-refractivity contribution in [2.75, 3.05) is 49.9 Å². The van der Waals surface area contributed by atoms with E-state index < -0.39 is 23.5 Å². The zero-order valence-electron chi connectivity index (χ0n) is 16.9. The molecule has 0 aliphatic carbocycles. The smallest absolute Gasteiger partial charge is 0.325 e. The summed E-state index contributed by atoms with van der Waals surface area (Å²) in [6, 6.07) is 8.61. The maximum atomic E-state index is 13.2. The Kier molecular flexibility index (Phi) is 7.70. The summed E-state index contributed by atoms with van der Waals surface area (Å²) in [6.45, 7) is 2.04. The van der Waals surface area contributed by atoms with E-state index in [2.05, 4.69) is 10.6 Å². The highest BCUT2D eigenvalue weighted by Gasteiger charge is 2.34. The second-order valence-corrected chi connectivity index (χ2v) is 7.78. The van der Waals surface area contributed by atoms with E-state index in [1.165, 1.54) is 30.3 Å². The molecule has 1 aliphatic rings. The van der Waals surface area contributed by atoms with Crippen molar-refractivity contribution < 1.29 is 27.2 Å². The van der Waals surface area contributed by atoms with Gasteiger partial charge >= 0.3 is 6.18 Å². The summed E-state index contributed by atoms with van der Waals surface area (Å²) in [5.74, 6) is -1.21. The van der Waals surface area contributed by atoms with Crippen LogP contribution in [-0.2, 0) is 15.8 Å². The third-order valence-corrected chi connectivity index (χ3v) is 5.12. The number of carbonyl (C=O) groups is 2. The molecule has 1 aliphatic heterocycles. The lowest BCUT2D eigenvalue weighted by Crippen LogP contribution is -2.50. The Morgan fingerprint density at radius 3 is 1.94 bits per heavy atom. The lowest BCUT2D eigenvalue weighted by atomic mass is 10.1. The third-order valence-electron chi connectivity index (χ3n) is 4.89. The summed E-state index contributed by atoms with van der Waals surface area (Å²) < 4.78 is 52.4. The minimum atomic E-state index is -4.65. The molecule has 2 N–H and O–H groups in total. The molecule has 0 unspecified atom stereocenters. The number of anilines is 2. The highest BCUT2D eigenvalue weighted by molar-refractivity contribution is 6.30. The molecule has 0 saturated carbocycles. The van der Waals surface area contributed by atoms with Gasteiger partial charge in [0.15, 0.2) is 0 Å².